The van der Waals surface area contributed by atoms with Crippen LogP contribution in [-0.4, -0.2) is 30.4 Å². The summed E-state index contributed by atoms with van der Waals surface area (Å²) in [6.45, 7) is 5.51. The van der Waals surface area contributed by atoms with Crippen molar-refractivity contribution in [1.29, 1.82) is 5.26 Å². The van der Waals surface area contributed by atoms with E-state index in [-0.39, 0.29) is 5.91 Å². The molecule has 1 aromatic rings. The van der Waals surface area contributed by atoms with Gasteiger partial charge in [-0.05, 0) is 49.5 Å². The lowest BCUT2D eigenvalue weighted by molar-refractivity contribution is -0.132. The Balaban J connectivity index is 1.96. The number of carbonyl (C=O) groups excluding carboxylic acids is 1. The summed E-state index contributed by atoms with van der Waals surface area (Å²) in [7, 11) is 0. The second-order valence-corrected chi connectivity index (χ2v) is 5.69. The van der Waals surface area contributed by atoms with Gasteiger partial charge in [0.05, 0.1) is 11.6 Å². The molecule has 0 saturated carbocycles. The van der Waals surface area contributed by atoms with Crippen LogP contribution in [0.1, 0.15) is 37.3 Å². The number of nitrogens with one attached hydrogen (secondary N) is 1. The predicted octanol–water partition coefficient (Wildman–Crippen LogP) is 2.30. The van der Waals surface area contributed by atoms with Crippen molar-refractivity contribution in [2.75, 3.05) is 19.6 Å². The molecule has 4 nitrogen and oxygen atoms in total. The molecule has 0 bridgehead atoms. The maximum absolute atomic E-state index is 12.5. The van der Waals surface area contributed by atoms with Crippen LogP contribution in [0.5, 0.6) is 0 Å². The van der Waals surface area contributed by atoms with Crippen molar-refractivity contribution >= 4 is 5.91 Å². The molecular formula is C17H23N3O. The highest BCUT2D eigenvalue weighted by molar-refractivity contribution is 5.76. The molecule has 1 aromatic carbocycles. The summed E-state index contributed by atoms with van der Waals surface area (Å²) in [6.07, 6.45) is 2.71. The van der Waals surface area contributed by atoms with Crippen molar-refractivity contribution in [3.8, 4) is 6.07 Å². The van der Waals surface area contributed by atoms with Gasteiger partial charge in [-0.1, -0.05) is 19.1 Å². The molecule has 1 heterocycles. The van der Waals surface area contributed by atoms with Gasteiger partial charge in [0.2, 0.25) is 5.91 Å². The van der Waals surface area contributed by atoms with Crippen molar-refractivity contribution in [2.45, 2.75) is 32.7 Å². The van der Waals surface area contributed by atoms with Crippen LogP contribution >= 0.6 is 0 Å². The minimum atomic E-state index is 0.245. The van der Waals surface area contributed by atoms with Crippen LogP contribution < -0.4 is 5.32 Å². The molecule has 0 aliphatic carbocycles. The Morgan fingerprint density at radius 1 is 1.43 bits per heavy atom. The molecule has 0 aromatic heterocycles. The number of hydrogen-bond donors (Lipinski definition) is 1. The summed E-state index contributed by atoms with van der Waals surface area (Å²) in [5.41, 5.74) is 1.74. The summed E-state index contributed by atoms with van der Waals surface area (Å²) in [5.74, 6) is 0.729. The molecule has 21 heavy (non-hydrogen) atoms. The van der Waals surface area contributed by atoms with Crippen LogP contribution in [0.3, 0.4) is 0 Å². The van der Waals surface area contributed by atoms with E-state index in [1.807, 2.05) is 29.2 Å². The van der Waals surface area contributed by atoms with Crippen molar-refractivity contribution in [3.05, 3.63) is 35.4 Å². The molecule has 1 amide bonds. The number of carbonyl (C=O) groups is 1. The molecular weight excluding hydrogens is 262 g/mol. The highest BCUT2D eigenvalue weighted by Crippen LogP contribution is 2.16. The van der Waals surface area contributed by atoms with Crippen LogP contribution in [-0.2, 0) is 11.3 Å². The molecule has 1 N–H and O–H groups in total. The largest absolute Gasteiger partial charge is 0.338 e. The molecule has 1 unspecified atom stereocenters. The first kappa shape index (κ1) is 15.5. The summed E-state index contributed by atoms with van der Waals surface area (Å²) >= 11 is 0. The van der Waals surface area contributed by atoms with Crippen LogP contribution in [0.25, 0.3) is 0 Å². The van der Waals surface area contributed by atoms with E-state index < -0.39 is 0 Å². The number of amides is 1. The van der Waals surface area contributed by atoms with Gasteiger partial charge >= 0.3 is 0 Å². The van der Waals surface area contributed by atoms with Crippen LogP contribution in [0.15, 0.2) is 24.3 Å². The van der Waals surface area contributed by atoms with Crippen LogP contribution in [0, 0.1) is 17.2 Å². The normalized spacial score (nSPS) is 17.4. The van der Waals surface area contributed by atoms with Crippen molar-refractivity contribution in [3.63, 3.8) is 0 Å². The van der Waals surface area contributed by atoms with E-state index in [0.717, 1.165) is 38.0 Å². The summed E-state index contributed by atoms with van der Waals surface area (Å²) < 4.78 is 0. The third-order valence-electron chi connectivity index (χ3n) is 3.93. The maximum atomic E-state index is 12.5. The first-order valence-electron chi connectivity index (χ1n) is 7.70. The van der Waals surface area contributed by atoms with Gasteiger partial charge in [0.15, 0.2) is 0 Å². The predicted molar refractivity (Wildman–Crippen MR) is 82.5 cm³/mol. The monoisotopic (exact) mass is 285 g/mol. The molecule has 1 aliphatic heterocycles. The zero-order valence-corrected chi connectivity index (χ0v) is 12.6. The van der Waals surface area contributed by atoms with Crippen molar-refractivity contribution in [2.24, 2.45) is 5.92 Å². The molecule has 1 fully saturated rings. The molecule has 1 saturated heterocycles. The van der Waals surface area contributed by atoms with Gasteiger partial charge in [0.25, 0.3) is 0 Å². The van der Waals surface area contributed by atoms with Gasteiger partial charge in [-0.25, -0.2) is 0 Å². The van der Waals surface area contributed by atoms with Gasteiger partial charge in [0.1, 0.15) is 0 Å². The third-order valence-corrected chi connectivity index (χ3v) is 3.93. The van der Waals surface area contributed by atoms with E-state index in [4.69, 9.17) is 5.26 Å². The number of nitrogens with zero attached hydrogens (tertiary/aromatic N) is 2. The zero-order chi connectivity index (χ0) is 15.1. The van der Waals surface area contributed by atoms with E-state index in [9.17, 15) is 4.79 Å². The van der Waals surface area contributed by atoms with E-state index in [2.05, 4.69) is 18.3 Å². The minimum Gasteiger partial charge on any atom is -0.338 e. The Hall–Kier alpha value is -1.86. The van der Waals surface area contributed by atoms with E-state index in [0.29, 0.717) is 24.4 Å². The van der Waals surface area contributed by atoms with Gasteiger partial charge in [-0.3, -0.25) is 4.79 Å². The molecule has 0 spiro atoms. The molecule has 4 heteroatoms. The fourth-order valence-corrected chi connectivity index (χ4v) is 2.73. The minimum absolute atomic E-state index is 0.245. The summed E-state index contributed by atoms with van der Waals surface area (Å²) in [6, 6.07) is 9.61. The average Bonchev–Trinajstić information content (AvgIpc) is 3.00. The topological polar surface area (TPSA) is 56.1 Å². The molecule has 1 atom stereocenters. The lowest BCUT2D eigenvalue weighted by Crippen LogP contribution is -2.33. The van der Waals surface area contributed by atoms with Crippen LogP contribution in [0.4, 0.5) is 0 Å². The number of rotatable bonds is 6. The highest BCUT2D eigenvalue weighted by Gasteiger charge is 2.21. The quantitative estimate of drug-likeness (QED) is 0.872. The van der Waals surface area contributed by atoms with E-state index in [1.54, 1.807) is 0 Å². The van der Waals surface area contributed by atoms with Gasteiger partial charge in [-0.15, -0.1) is 0 Å². The van der Waals surface area contributed by atoms with Gasteiger partial charge in [0, 0.05) is 19.5 Å². The first-order valence-corrected chi connectivity index (χ1v) is 7.70. The molecule has 1 aliphatic rings. The molecule has 112 valence electrons. The van der Waals surface area contributed by atoms with Crippen molar-refractivity contribution < 1.29 is 4.79 Å². The Bertz CT molecular complexity index is 498. The lowest BCUT2D eigenvalue weighted by atomic mass is 10.0. The SMILES string of the molecule is CCCN(Cc1ccc(C#N)cc1)C(=O)CC1CCNC1. The molecule has 0 radical (unpaired) electrons. The highest BCUT2D eigenvalue weighted by atomic mass is 16.2. The second-order valence-electron chi connectivity index (χ2n) is 5.69. The average molecular weight is 285 g/mol. The lowest BCUT2D eigenvalue weighted by Gasteiger charge is -2.23. The van der Waals surface area contributed by atoms with Crippen molar-refractivity contribution in [1.82, 2.24) is 10.2 Å². The van der Waals surface area contributed by atoms with E-state index >= 15 is 0 Å². The Kier molecular flexibility index (Phi) is 5.77. The zero-order valence-electron chi connectivity index (χ0n) is 12.6. The summed E-state index contributed by atoms with van der Waals surface area (Å²) in [4.78, 5) is 14.4. The standard InChI is InChI=1S/C17H23N3O/c1-2-9-20(17(21)10-16-7-8-19-12-16)13-15-5-3-14(11-18)4-6-15/h3-6,16,19H,2,7-10,12-13H2,1H3. The maximum Gasteiger partial charge on any atom is 0.223 e. The fourth-order valence-electron chi connectivity index (χ4n) is 2.73. The second kappa shape index (κ2) is 7.80. The Morgan fingerprint density at radius 3 is 2.76 bits per heavy atom. The molecule has 2 rings (SSSR count). The summed E-state index contributed by atoms with van der Waals surface area (Å²) in [5, 5.41) is 12.1. The number of benzene rings is 1. The first-order chi connectivity index (χ1) is 10.2. The van der Waals surface area contributed by atoms with Gasteiger partial charge in [-0.2, -0.15) is 5.26 Å². The van der Waals surface area contributed by atoms with E-state index in [1.165, 1.54) is 0 Å². The van der Waals surface area contributed by atoms with Crippen LogP contribution in [0.2, 0.25) is 0 Å². The fraction of sp³-hybridized carbons (Fsp3) is 0.529. The Labute approximate surface area is 126 Å². The third kappa shape index (κ3) is 4.57. The number of nitriles is 1. The van der Waals surface area contributed by atoms with Gasteiger partial charge < -0.3 is 10.2 Å². The Morgan fingerprint density at radius 2 is 2.19 bits per heavy atom. The smallest absolute Gasteiger partial charge is 0.223 e. The number of hydrogen-bond acceptors (Lipinski definition) is 3.